The molecule has 0 radical (unpaired) electrons. The predicted molar refractivity (Wildman–Crippen MR) is 97.6 cm³/mol. The van der Waals surface area contributed by atoms with Crippen molar-refractivity contribution in [3.63, 3.8) is 0 Å². The number of hydrogen-bond acceptors (Lipinski definition) is 4. The van der Waals surface area contributed by atoms with Crippen molar-refractivity contribution in [2.24, 2.45) is 11.8 Å². The molecule has 0 amide bonds. The number of rotatable bonds is 3. The van der Waals surface area contributed by atoms with Crippen LogP contribution in [0.3, 0.4) is 0 Å². The quantitative estimate of drug-likeness (QED) is 0.869. The summed E-state index contributed by atoms with van der Waals surface area (Å²) in [5.74, 6) is 2.06. The fraction of sp³-hybridized carbons (Fsp3) is 0.471. The van der Waals surface area contributed by atoms with Crippen LogP contribution in [0.25, 0.3) is 5.69 Å². The average molecular weight is 372 g/mol. The SMILES string of the molecule is Cl.Cl.O[C@@H]1C[C@H]2CNC[C@H]2C[C@H]1Oc1ccc(-n2ccnc2)cc1. The molecule has 0 spiro atoms. The number of ether oxygens (including phenoxy) is 1. The van der Waals surface area contributed by atoms with Crippen molar-refractivity contribution in [3.8, 4) is 11.4 Å². The van der Waals surface area contributed by atoms with Crippen molar-refractivity contribution in [1.29, 1.82) is 0 Å². The van der Waals surface area contributed by atoms with Gasteiger partial charge in [0.2, 0.25) is 0 Å². The highest BCUT2D eigenvalue weighted by Crippen LogP contribution is 2.34. The summed E-state index contributed by atoms with van der Waals surface area (Å²) in [5, 5.41) is 13.7. The third-order valence-corrected chi connectivity index (χ3v) is 4.91. The molecule has 1 aliphatic heterocycles. The summed E-state index contributed by atoms with van der Waals surface area (Å²) in [6, 6.07) is 7.93. The van der Waals surface area contributed by atoms with Crippen molar-refractivity contribution in [3.05, 3.63) is 43.0 Å². The van der Waals surface area contributed by atoms with E-state index in [2.05, 4.69) is 10.3 Å². The molecule has 24 heavy (non-hydrogen) atoms. The summed E-state index contributed by atoms with van der Waals surface area (Å²) in [6.07, 6.45) is 6.75. The summed E-state index contributed by atoms with van der Waals surface area (Å²) in [7, 11) is 0. The maximum atomic E-state index is 10.3. The van der Waals surface area contributed by atoms with Crippen LogP contribution in [0.4, 0.5) is 0 Å². The highest BCUT2D eigenvalue weighted by molar-refractivity contribution is 5.85. The van der Waals surface area contributed by atoms with E-state index in [1.807, 2.05) is 35.0 Å². The number of nitrogens with zero attached hydrogens (tertiary/aromatic N) is 2. The zero-order chi connectivity index (χ0) is 14.9. The van der Waals surface area contributed by atoms with Gasteiger partial charge in [-0.25, -0.2) is 4.98 Å². The number of benzene rings is 1. The second kappa shape index (κ2) is 8.21. The molecule has 1 saturated carbocycles. The minimum atomic E-state index is -0.366. The van der Waals surface area contributed by atoms with Gasteiger partial charge in [0.1, 0.15) is 11.9 Å². The molecular formula is C17H23Cl2N3O2. The Morgan fingerprint density at radius 1 is 1.08 bits per heavy atom. The van der Waals surface area contributed by atoms with Crippen LogP contribution in [0.15, 0.2) is 43.0 Å². The fourth-order valence-electron chi connectivity index (χ4n) is 3.67. The molecule has 5 nitrogen and oxygen atoms in total. The number of aromatic nitrogens is 2. The van der Waals surface area contributed by atoms with Crippen LogP contribution in [0, 0.1) is 11.8 Å². The number of aliphatic hydroxyl groups is 1. The monoisotopic (exact) mass is 371 g/mol. The summed E-state index contributed by atoms with van der Waals surface area (Å²) >= 11 is 0. The van der Waals surface area contributed by atoms with Gasteiger partial charge in [-0.3, -0.25) is 0 Å². The largest absolute Gasteiger partial charge is 0.488 e. The molecule has 4 atom stereocenters. The molecule has 4 rings (SSSR count). The minimum absolute atomic E-state index is 0. The van der Waals surface area contributed by atoms with Crippen LogP contribution in [0.5, 0.6) is 5.75 Å². The van der Waals surface area contributed by atoms with Crippen molar-refractivity contribution in [2.75, 3.05) is 13.1 Å². The first-order chi connectivity index (χ1) is 10.8. The molecule has 0 unspecified atom stereocenters. The van der Waals surface area contributed by atoms with Gasteiger partial charge in [-0.1, -0.05) is 0 Å². The summed E-state index contributed by atoms with van der Waals surface area (Å²) in [5.41, 5.74) is 1.05. The summed E-state index contributed by atoms with van der Waals surface area (Å²) in [4.78, 5) is 4.05. The van der Waals surface area contributed by atoms with Crippen LogP contribution < -0.4 is 10.1 Å². The van der Waals surface area contributed by atoms with Gasteiger partial charge in [-0.05, 0) is 62.0 Å². The lowest BCUT2D eigenvalue weighted by atomic mass is 9.78. The molecule has 2 fully saturated rings. The Kier molecular flexibility index (Phi) is 6.52. The predicted octanol–water partition coefficient (Wildman–Crippen LogP) is 2.45. The molecule has 0 bridgehead atoms. The zero-order valence-corrected chi connectivity index (χ0v) is 14.9. The van der Waals surface area contributed by atoms with Crippen molar-refractivity contribution < 1.29 is 9.84 Å². The van der Waals surface area contributed by atoms with Gasteiger partial charge >= 0.3 is 0 Å². The van der Waals surface area contributed by atoms with E-state index in [1.54, 1.807) is 12.5 Å². The van der Waals surface area contributed by atoms with Gasteiger partial charge < -0.3 is 19.7 Å². The highest BCUT2D eigenvalue weighted by Gasteiger charge is 2.39. The number of aliphatic hydroxyl groups excluding tert-OH is 1. The van der Waals surface area contributed by atoms with E-state index in [-0.39, 0.29) is 37.0 Å². The van der Waals surface area contributed by atoms with Crippen molar-refractivity contribution in [2.45, 2.75) is 25.0 Å². The first-order valence-electron chi connectivity index (χ1n) is 7.93. The molecule has 1 saturated heterocycles. The topological polar surface area (TPSA) is 59.3 Å². The van der Waals surface area contributed by atoms with E-state index in [0.29, 0.717) is 11.8 Å². The summed E-state index contributed by atoms with van der Waals surface area (Å²) in [6.45, 7) is 2.09. The van der Waals surface area contributed by atoms with Crippen LogP contribution in [0.1, 0.15) is 12.8 Å². The van der Waals surface area contributed by atoms with Gasteiger partial charge in [0, 0.05) is 18.1 Å². The van der Waals surface area contributed by atoms with Crippen molar-refractivity contribution in [1.82, 2.24) is 14.9 Å². The lowest BCUT2D eigenvalue weighted by Gasteiger charge is -2.35. The second-order valence-corrected chi connectivity index (χ2v) is 6.34. The standard InChI is InChI=1S/C17H21N3O2.2ClH/c21-16-7-12-9-19-10-13(12)8-17(16)22-15-3-1-14(2-4-15)20-6-5-18-11-20;;/h1-6,11-13,16-17,19,21H,7-10H2;2*1H/t12-,13+,16+,17+;;/m0../s1. The number of fused-ring (bicyclic) bond motifs is 1. The Morgan fingerprint density at radius 3 is 2.46 bits per heavy atom. The van der Waals surface area contributed by atoms with Gasteiger partial charge in [0.05, 0.1) is 12.4 Å². The first-order valence-corrected chi connectivity index (χ1v) is 7.93. The third kappa shape index (κ3) is 3.86. The second-order valence-electron chi connectivity index (χ2n) is 6.34. The molecule has 1 aromatic heterocycles. The molecule has 2 N–H and O–H groups in total. The Balaban J connectivity index is 0.00000104. The molecule has 1 aliphatic carbocycles. The third-order valence-electron chi connectivity index (χ3n) is 4.91. The molecule has 1 aromatic carbocycles. The van der Waals surface area contributed by atoms with Gasteiger partial charge in [0.15, 0.2) is 0 Å². The fourth-order valence-corrected chi connectivity index (χ4v) is 3.67. The lowest BCUT2D eigenvalue weighted by molar-refractivity contribution is -0.0231. The first kappa shape index (κ1) is 19.1. The van der Waals surface area contributed by atoms with Gasteiger partial charge in [-0.15, -0.1) is 24.8 Å². The molecule has 132 valence electrons. The van der Waals surface area contributed by atoms with Gasteiger partial charge in [-0.2, -0.15) is 0 Å². The van der Waals surface area contributed by atoms with Crippen LogP contribution in [-0.4, -0.2) is 40.0 Å². The number of nitrogens with one attached hydrogen (secondary N) is 1. The smallest absolute Gasteiger partial charge is 0.125 e. The number of halogens is 2. The highest BCUT2D eigenvalue weighted by atomic mass is 35.5. The van der Waals surface area contributed by atoms with Crippen LogP contribution in [0.2, 0.25) is 0 Å². The Labute approximate surface area is 154 Å². The van der Waals surface area contributed by atoms with Crippen LogP contribution in [-0.2, 0) is 0 Å². The Morgan fingerprint density at radius 2 is 1.79 bits per heavy atom. The van der Waals surface area contributed by atoms with Crippen LogP contribution >= 0.6 is 24.8 Å². The normalized spacial score (nSPS) is 28.4. The molecule has 2 aromatic rings. The maximum absolute atomic E-state index is 10.3. The van der Waals surface area contributed by atoms with E-state index in [4.69, 9.17) is 4.74 Å². The zero-order valence-electron chi connectivity index (χ0n) is 13.2. The van der Waals surface area contributed by atoms with E-state index >= 15 is 0 Å². The van der Waals surface area contributed by atoms with Gasteiger partial charge in [0.25, 0.3) is 0 Å². The molecule has 2 heterocycles. The summed E-state index contributed by atoms with van der Waals surface area (Å²) < 4.78 is 8.00. The number of hydrogen-bond donors (Lipinski definition) is 2. The molecule has 7 heteroatoms. The van der Waals surface area contributed by atoms with E-state index in [1.165, 1.54) is 0 Å². The maximum Gasteiger partial charge on any atom is 0.125 e. The molecular weight excluding hydrogens is 349 g/mol. The van der Waals surface area contributed by atoms with E-state index in [9.17, 15) is 5.11 Å². The average Bonchev–Trinajstić information content (AvgIpc) is 3.19. The van der Waals surface area contributed by atoms with Crippen molar-refractivity contribution >= 4 is 24.8 Å². The van der Waals surface area contributed by atoms with E-state index in [0.717, 1.165) is 37.4 Å². The Hall–Kier alpha value is -1.27. The molecule has 2 aliphatic rings. The number of imidazole rings is 1. The minimum Gasteiger partial charge on any atom is -0.488 e. The van der Waals surface area contributed by atoms with E-state index < -0.39 is 0 Å². The lowest BCUT2D eigenvalue weighted by Crippen LogP contribution is -2.42. The Bertz CT molecular complexity index is 621.